The molecule has 1 saturated heterocycles. The van der Waals surface area contributed by atoms with Crippen molar-refractivity contribution in [2.45, 2.75) is 70.0 Å². The number of ether oxygens (including phenoxy) is 1. The summed E-state index contributed by atoms with van der Waals surface area (Å²) >= 11 is 0. The van der Waals surface area contributed by atoms with Crippen LogP contribution in [-0.2, 0) is 4.74 Å². The van der Waals surface area contributed by atoms with E-state index in [0.29, 0.717) is 25.0 Å². The van der Waals surface area contributed by atoms with Gasteiger partial charge in [0, 0.05) is 13.2 Å². The fourth-order valence-electron chi connectivity index (χ4n) is 3.45. The second-order valence-corrected chi connectivity index (χ2v) is 6.74. The fraction of sp³-hybridized carbons (Fsp3) is 1.00. The molecule has 0 radical (unpaired) electrons. The van der Waals surface area contributed by atoms with Gasteiger partial charge in [0.1, 0.15) is 0 Å². The van der Waals surface area contributed by atoms with Crippen molar-refractivity contribution >= 4 is 0 Å². The van der Waals surface area contributed by atoms with Gasteiger partial charge in [-0.05, 0) is 56.8 Å². The van der Waals surface area contributed by atoms with Gasteiger partial charge in [-0.15, -0.1) is 0 Å². The smallest absolute Gasteiger partial charge is 0.0694 e. The van der Waals surface area contributed by atoms with E-state index in [9.17, 15) is 10.2 Å². The summed E-state index contributed by atoms with van der Waals surface area (Å²) in [5, 5.41) is 21.0. The third-order valence-electron chi connectivity index (χ3n) is 5.14. The lowest BCUT2D eigenvalue weighted by molar-refractivity contribution is -0.0926. The summed E-state index contributed by atoms with van der Waals surface area (Å²) in [5.74, 6) is 0.914. The van der Waals surface area contributed by atoms with Gasteiger partial charge in [-0.3, -0.25) is 0 Å². The van der Waals surface area contributed by atoms with Crippen molar-refractivity contribution < 1.29 is 14.9 Å². The molecule has 0 amide bonds. The highest BCUT2D eigenvalue weighted by Crippen LogP contribution is 2.41. The molecule has 2 fully saturated rings. The van der Waals surface area contributed by atoms with E-state index >= 15 is 0 Å². The van der Waals surface area contributed by atoms with Gasteiger partial charge in [0.25, 0.3) is 0 Å². The SMILES string of the molecule is CC(C)C1(O)CCC(CC2(O)CCOCC2)CC1. The number of aliphatic hydroxyl groups is 2. The molecule has 2 rings (SSSR count). The molecule has 0 bridgehead atoms. The van der Waals surface area contributed by atoms with Crippen molar-refractivity contribution in [1.82, 2.24) is 0 Å². The van der Waals surface area contributed by atoms with Crippen LogP contribution in [0.25, 0.3) is 0 Å². The quantitative estimate of drug-likeness (QED) is 0.815. The van der Waals surface area contributed by atoms with E-state index in [1.54, 1.807) is 0 Å². The summed E-state index contributed by atoms with van der Waals surface area (Å²) < 4.78 is 5.32. The third-order valence-corrected chi connectivity index (χ3v) is 5.14. The lowest BCUT2D eigenvalue weighted by Crippen LogP contribution is -2.42. The normalized spacial score (nSPS) is 36.8. The molecule has 0 spiro atoms. The average Bonchev–Trinajstić information content (AvgIpc) is 2.33. The average molecular weight is 256 g/mol. The summed E-state index contributed by atoms with van der Waals surface area (Å²) in [6.45, 7) is 5.59. The Hall–Kier alpha value is -0.120. The van der Waals surface area contributed by atoms with E-state index in [-0.39, 0.29) is 0 Å². The summed E-state index contributed by atoms with van der Waals surface area (Å²) in [6, 6.07) is 0. The molecule has 0 unspecified atom stereocenters. The van der Waals surface area contributed by atoms with Crippen molar-refractivity contribution in [3.8, 4) is 0 Å². The van der Waals surface area contributed by atoms with Gasteiger partial charge in [-0.2, -0.15) is 0 Å². The van der Waals surface area contributed by atoms with E-state index in [2.05, 4.69) is 13.8 Å². The minimum absolute atomic E-state index is 0.338. The largest absolute Gasteiger partial charge is 0.390 e. The lowest BCUT2D eigenvalue weighted by atomic mass is 9.70. The first-order valence-electron chi connectivity index (χ1n) is 7.46. The van der Waals surface area contributed by atoms with Gasteiger partial charge < -0.3 is 14.9 Å². The number of hydrogen-bond acceptors (Lipinski definition) is 3. The third kappa shape index (κ3) is 3.25. The van der Waals surface area contributed by atoms with Crippen LogP contribution in [0.4, 0.5) is 0 Å². The molecule has 3 nitrogen and oxygen atoms in total. The molecule has 106 valence electrons. The molecule has 1 aliphatic carbocycles. The minimum Gasteiger partial charge on any atom is -0.390 e. The van der Waals surface area contributed by atoms with E-state index in [0.717, 1.165) is 44.9 Å². The van der Waals surface area contributed by atoms with Crippen LogP contribution < -0.4 is 0 Å². The molecule has 0 atom stereocenters. The second kappa shape index (κ2) is 5.48. The molecular formula is C15H28O3. The Labute approximate surface area is 111 Å². The maximum absolute atomic E-state index is 10.5. The Balaban J connectivity index is 1.83. The van der Waals surface area contributed by atoms with Crippen molar-refractivity contribution in [3.63, 3.8) is 0 Å². The monoisotopic (exact) mass is 256 g/mol. The molecule has 18 heavy (non-hydrogen) atoms. The minimum atomic E-state index is -0.504. The summed E-state index contributed by atoms with van der Waals surface area (Å²) in [4.78, 5) is 0. The Morgan fingerprint density at radius 2 is 1.61 bits per heavy atom. The van der Waals surface area contributed by atoms with Gasteiger partial charge in [0.2, 0.25) is 0 Å². The first kappa shape index (κ1) is 14.3. The van der Waals surface area contributed by atoms with Crippen LogP contribution in [0.1, 0.15) is 58.8 Å². The predicted octanol–water partition coefficient (Wildman–Crippen LogP) is 2.50. The van der Waals surface area contributed by atoms with Crippen LogP contribution in [0.2, 0.25) is 0 Å². The van der Waals surface area contributed by atoms with Gasteiger partial charge in [-0.25, -0.2) is 0 Å². The van der Waals surface area contributed by atoms with Gasteiger partial charge in [-0.1, -0.05) is 13.8 Å². The highest BCUT2D eigenvalue weighted by Gasteiger charge is 2.39. The molecule has 3 heteroatoms. The Kier molecular flexibility index (Phi) is 4.35. The highest BCUT2D eigenvalue weighted by molar-refractivity contribution is 4.91. The van der Waals surface area contributed by atoms with Crippen LogP contribution in [0.5, 0.6) is 0 Å². The molecular weight excluding hydrogens is 228 g/mol. The van der Waals surface area contributed by atoms with E-state index in [4.69, 9.17) is 4.74 Å². The summed E-state index contributed by atoms with van der Waals surface area (Å²) in [7, 11) is 0. The molecule has 2 N–H and O–H groups in total. The molecule has 2 aliphatic rings. The van der Waals surface area contributed by atoms with E-state index < -0.39 is 11.2 Å². The molecule has 1 aliphatic heterocycles. The van der Waals surface area contributed by atoms with Gasteiger partial charge in [0.05, 0.1) is 11.2 Å². The molecule has 1 saturated carbocycles. The highest BCUT2D eigenvalue weighted by atomic mass is 16.5. The van der Waals surface area contributed by atoms with Gasteiger partial charge >= 0.3 is 0 Å². The standard InChI is InChI=1S/C15H28O3/c1-12(2)15(17)5-3-13(4-6-15)11-14(16)7-9-18-10-8-14/h12-13,16-17H,3-11H2,1-2H3. The Morgan fingerprint density at radius 1 is 1.06 bits per heavy atom. The first-order chi connectivity index (χ1) is 8.44. The van der Waals surface area contributed by atoms with Crippen LogP contribution in [-0.4, -0.2) is 34.6 Å². The van der Waals surface area contributed by atoms with Crippen LogP contribution in [0.3, 0.4) is 0 Å². The second-order valence-electron chi connectivity index (χ2n) is 6.74. The lowest BCUT2D eigenvalue weighted by Gasteiger charge is -2.42. The van der Waals surface area contributed by atoms with Crippen molar-refractivity contribution in [2.24, 2.45) is 11.8 Å². The molecule has 1 heterocycles. The Morgan fingerprint density at radius 3 is 2.11 bits per heavy atom. The number of hydrogen-bond donors (Lipinski definition) is 2. The van der Waals surface area contributed by atoms with Crippen LogP contribution >= 0.6 is 0 Å². The Bertz CT molecular complexity index is 261. The summed E-state index contributed by atoms with van der Waals surface area (Å²) in [5.41, 5.74) is -0.967. The predicted molar refractivity (Wildman–Crippen MR) is 71.4 cm³/mol. The maximum Gasteiger partial charge on any atom is 0.0694 e. The maximum atomic E-state index is 10.5. The van der Waals surface area contributed by atoms with E-state index in [1.807, 2.05) is 0 Å². The first-order valence-corrected chi connectivity index (χ1v) is 7.46. The topological polar surface area (TPSA) is 49.7 Å². The number of rotatable bonds is 3. The fourth-order valence-corrected chi connectivity index (χ4v) is 3.45. The van der Waals surface area contributed by atoms with Crippen molar-refractivity contribution in [1.29, 1.82) is 0 Å². The molecule has 0 aromatic rings. The molecule has 0 aromatic carbocycles. The van der Waals surface area contributed by atoms with Gasteiger partial charge in [0.15, 0.2) is 0 Å². The zero-order valence-electron chi connectivity index (χ0n) is 11.8. The summed E-state index contributed by atoms with van der Waals surface area (Å²) in [6.07, 6.45) is 6.33. The van der Waals surface area contributed by atoms with Crippen LogP contribution in [0, 0.1) is 11.8 Å². The zero-order chi connectivity index (χ0) is 13.2. The van der Waals surface area contributed by atoms with Crippen LogP contribution in [0.15, 0.2) is 0 Å². The zero-order valence-corrected chi connectivity index (χ0v) is 11.8. The molecule has 0 aromatic heterocycles. The van der Waals surface area contributed by atoms with Crippen molar-refractivity contribution in [2.75, 3.05) is 13.2 Å². The van der Waals surface area contributed by atoms with Crippen molar-refractivity contribution in [3.05, 3.63) is 0 Å². The van der Waals surface area contributed by atoms with E-state index in [1.165, 1.54) is 0 Å².